The van der Waals surface area contributed by atoms with Crippen molar-refractivity contribution in [1.29, 1.82) is 0 Å². The van der Waals surface area contributed by atoms with Gasteiger partial charge in [0.25, 0.3) is 10.0 Å². The van der Waals surface area contributed by atoms with Crippen molar-refractivity contribution in [3.63, 3.8) is 0 Å². The van der Waals surface area contributed by atoms with Gasteiger partial charge in [0.1, 0.15) is 0 Å². The number of benzene rings is 2. The van der Waals surface area contributed by atoms with Crippen LogP contribution >= 0.6 is 0 Å². The monoisotopic (exact) mass is 321 g/mol. The summed E-state index contributed by atoms with van der Waals surface area (Å²) in [6, 6.07) is 16.5. The summed E-state index contributed by atoms with van der Waals surface area (Å²) in [7, 11) is -4.24. The number of hydrogen-bond donors (Lipinski definition) is 0. The maximum absolute atomic E-state index is 12.4. The van der Waals surface area contributed by atoms with Gasteiger partial charge in [-0.05, 0) is 37.6 Å². The highest BCUT2D eigenvalue weighted by Crippen LogP contribution is 2.18. The van der Waals surface area contributed by atoms with E-state index < -0.39 is 20.7 Å². The van der Waals surface area contributed by atoms with E-state index >= 15 is 0 Å². The van der Waals surface area contributed by atoms with E-state index in [0.717, 1.165) is 22.6 Å². The molecule has 0 saturated heterocycles. The van der Waals surface area contributed by atoms with Crippen molar-refractivity contribution >= 4 is 20.7 Å². The van der Waals surface area contributed by atoms with Crippen molar-refractivity contribution in [3.05, 3.63) is 60.2 Å². The fourth-order valence-electron chi connectivity index (χ4n) is 1.84. The number of nitrogens with zero attached hydrogens (tertiary/aromatic N) is 1. The third-order valence-electron chi connectivity index (χ3n) is 2.92. The Labute approximate surface area is 129 Å². The molecular formula is C16H19NO2S2. The van der Waals surface area contributed by atoms with Gasteiger partial charge in [-0.25, -0.2) is 0 Å². The second kappa shape index (κ2) is 7.00. The molecule has 5 heteroatoms. The molecule has 1 unspecified atom stereocenters. The van der Waals surface area contributed by atoms with Gasteiger partial charge < -0.3 is 0 Å². The summed E-state index contributed by atoms with van der Waals surface area (Å²) < 4.78 is 29.1. The summed E-state index contributed by atoms with van der Waals surface area (Å²) in [6.07, 6.45) is 0.894. The van der Waals surface area contributed by atoms with Crippen LogP contribution in [0.2, 0.25) is 0 Å². The molecule has 0 spiro atoms. The Bertz CT molecular complexity index is 721. The summed E-state index contributed by atoms with van der Waals surface area (Å²) in [5.41, 5.74) is 1.03. The Kier molecular flexibility index (Phi) is 5.31. The van der Waals surface area contributed by atoms with E-state index in [1.807, 2.05) is 44.2 Å². The van der Waals surface area contributed by atoms with Crippen molar-refractivity contribution in [3.8, 4) is 0 Å². The van der Waals surface area contributed by atoms with Gasteiger partial charge in [-0.2, -0.15) is 8.42 Å². The Morgan fingerprint density at radius 1 is 1.00 bits per heavy atom. The molecule has 0 amide bonds. The minimum Gasteiger partial charge on any atom is -0.199 e. The van der Waals surface area contributed by atoms with E-state index in [4.69, 9.17) is 0 Å². The Balaban J connectivity index is 2.44. The Hall–Kier alpha value is -1.46. The minimum atomic E-state index is -3.61. The Morgan fingerprint density at radius 3 is 2.19 bits per heavy atom. The van der Waals surface area contributed by atoms with Crippen molar-refractivity contribution in [2.45, 2.75) is 30.1 Å². The molecule has 2 aromatic carbocycles. The van der Waals surface area contributed by atoms with Crippen LogP contribution in [-0.2, 0) is 20.7 Å². The molecule has 2 rings (SSSR count). The van der Waals surface area contributed by atoms with E-state index in [9.17, 15) is 8.42 Å². The van der Waals surface area contributed by atoms with Crippen LogP contribution in [0.15, 0.2) is 68.2 Å². The first-order valence-corrected chi connectivity index (χ1v) is 9.63. The highest BCUT2D eigenvalue weighted by molar-refractivity contribution is 8.00. The Morgan fingerprint density at radius 2 is 1.62 bits per heavy atom. The fraction of sp³-hybridized carbons (Fsp3) is 0.250. The van der Waals surface area contributed by atoms with Crippen LogP contribution in [0, 0.1) is 6.92 Å². The molecule has 0 aromatic heterocycles. The van der Waals surface area contributed by atoms with Crippen LogP contribution in [0.1, 0.15) is 18.9 Å². The molecule has 0 saturated carbocycles. The summed E-state index contributed by atoms with van der Waals surface area (Å²) >= 11 is 0. The van der Waals surface area contributed by atoms with Crippen molar-refractivity contribution in [2.75, 3.05) is 5.75 Å². The van der Waals surface area contributed by atoms with E-state index in [1.54, 1.807) is 24.3 Å². The van der Waals surface area contributed by atoms with Gasteiger partial charge in [0.2, 0.25) is 0 Å². The zero-order valence-corrected chi connectivity index (χ0v) is 13.8. The lowest BCUT2D eigenvalue weighted by molar-refractivity contribution is 0.598. The van der Waals surface area contributed by atoms with Crippen molar-refractivity contribution < 1.29 is 8.42 Å². The summed E-state index contributed by atoms with van der Waals surface area (Å²) in [5, 5.41) is 0. The van der Waals surface area contributed by atoms with Crippen LogP contribution in [0.4, 0.5) is 0 Å². The summed E-state index contributed by atoms with van der Waals surface area (Å²) in [6.45, 7) is 3.97. The molecule has 0 heterocycles. The molecule has 3 nitrogen and oxygen atoms in total. The van der Waals surface area contributed by atoms with Crippen LogP contribution in [0.3, 0.4) is 0 Å². The quantitative estimate of drug-likeness (QED) is 0.837. The average Bonchev–Trinajstić information content (AvgIpc) is 2.48. The number of aryl methyl sites for hydroxylation is 1. The van der Waals surface area contributed by atoms with Crippen molar-refractivity contribution in [2.24, 2.45) is 3.77 Å². The molecule has 112 valence electrons. The molecule has 0 radical (unpaired) electrons. The van der Waals surface area contributed by atoms with Crippen LogP contribution in [0.25, 0.3) is 0 Å². The van der Waals surface area contributed by atoms with Gasteiger partial charge >= 0.3 is 0 Å². The number of sulfonamides is 1. The van der Waals surface area contributed by atoms with Crippen LogP contribution in [-0.4, -0.2) is 14.2 Å². The molecule has 0 aliphatic carbocycles. The van der Waals surface area contributed by atoms with Gasteiger partial charge in [0.05, 0.1) is 4.90 Å². The highest BCUT2D eigenvalue weighted by Gasteiger charge is 2.14. The third-order valence-corrected chi connectivity index (χ3v) is 6.90. The van der Waals surface area contributed by atoms with Gasteiger partial charge in [-0.15, -0.1) is 3.77 Å². The van der Waals surface area contributed by atoms with Crippen LogP contribution < -0.4 is 0 Å². The zero-order valence-electron chi connectivity index (χ0n) is 12.2. The van der Waals surface area contributed by atoms with Gasteiger partial charge in [-0.1, -0.05) is 53.5 Å². The second-order valence-corrected chi connectivity index (χ2v) is 8.37. The first-order chi connectivity index (χ1) is 10.0. The average molecular weight is 321 g/mol. The van der Waals surface area contributed by atoms with Gasteiger partial charge in [0, 0.05) is 10.6 Å². The van der Waals surface area contributed by atoms with Gasteiger partial charge in [0.15, 0.2) is 0 Å². The van der Waals surface area contributed by atoms with E-state index in [-0.39, 0.29) is 4.90 Å². The third kappa shape index (κ3) is 4.25. The maximum atomic E-state index is 12.4. The lowest BCUT2D eigenvalue weighted by atomic mass is 10.2. The normalized spacial score (nSPS) is 13.2. The number of hydrogen-bond acceptors (Lipinski definition) is 2. The van der Waals surface area contributed by atoms with Crippen LogP contribution in [0.5, 0.6) is 0 Å². The SMILES string of the molecule is CCC/S(=N\S(=O)(=O)c1ccc(C)cc1)c1ccccc1. The molecule has 0 fully saturated rings. The molecular weight excluding hydrogens is 302 g/mol. The molecule has 0 aliphatic heterocycles. The second-order valence-electron chi connectivity index (χ2n) is 4.74. The topological polar surface area (TPSA) is 46.5 Å². The highest BCUT2D eigenvalue weighted by atomic mass is 32.3. The molecule has 21 heavy (non-hydrogen) atoms. The first-order valence-electron chi connectivity index (χ1n) is 6.83. The fourth-order valence-corrected chi connectivity index (χ4v) is 5.35. The van der Waals surface area contributed by atoms with Crippen molar-refractivity contribution in [1.82, 2.24) is 0 Å². The van der Waals surface area contributed by atoms with Gasteiger partial charge in [-0.3, -0.25) is 0 Å². The minimum absolute atomic E-state index is 0.262. The molecule has 0 N–H and O–H groups in total. The zero-order chi connectivity index (χ0) is 15.3. The summed E-state index contributed by atoms with van der Waals surface area (Å²) in [4.78, 5) is 1.23. The predicted octanol–water partition coefficient (Wildman–Crippen LogP) is 3.95. The molecule has 2 aromatic rings. The summed E-state index contributed by atoms with van der Waals surface area (Å²) in [5.74, 6) is 0.745. The standard InChI is InChI=1S/C16H19NO2S2/c1-3-13-20(15-7-5-4-6-8-15)17-21(18,19)16-11-9-14(2)10-12-16/h4-12H,3,13H2,1-2H3. The lowest BCUT2D eigenvalue weighted by Gasteiger charge is -2.07. The van der Waals surface area contributed by atoms with E-state index in [0.29, 0.717) is 0 Å². The number of rotatable bonds is 5. The molecule has 0 aliphatic rings. The van der Waals surface area contributed by atoms with E-state index in [2.05, 4.69) is 3.77 Å². The maximum Gasteiger partial charge on any atom is 0.288 e. The smallest absolute Gasteiger partial charge is 0.199 e. The lowest BCUT2D eigenvalue weighted by Crippen LogP contribution is -2.03. The largest absolute Gasteiger partial charge is 0.288 e. The van der Waals surface area contributed by atoms with E-state index in [1.165, 1.54) is 0 Å². The first kappa shape index (κ1) is 15.9. The molecule has 1 atom stereocenters. The predicted molar refractivity (Wildman–Crippen MR) is 88.0 cm³/mol. The molecule has 0 bridgehead atoms.